The lowest BCUT2D eigenvalue weighted by Gasteiger charge is -2.35. The van der Waals surface area contributed by atoms with Gasteiger partial charge in [0.2, 0.25) is 0 Å². The van der Waals surface area contributed by atoms with Gasteiger partial charge in [-0.15, -0.1) is 0 Å². The van der Waals surface area contributed by atoms with Crippen molar-refractivity contribution >= 4 is 5.69 Å². The quantitative estimate of drug-likeness (QED) is 0.836. The van der Waals surface area contributed by atoms with Crippen LogP contribution in [0.5, 0.6) is 0 Å². The second-order valence-electron chi connectivity index (χ2n) is 5.25. The molecule has 1 saturated carbocycles. The molecule has 3 nitrogen and oxygen atoms in total. The highest BCUT2D eigenvalue weighted by atomic mass is 16.3. The maximum atomic E-state index is 9.27. The van der Waals surface area contributed by atoms with Crippen LogP contribution in [0.25, 0.3) is 0 Å². The Hall–Kier alpha value is -1.06. The number of aliphatic hydroxyl groups excluding tert-OH is 1. The zero-order valence-corrected chi connectivity index (χ0v) is 10.6. The summed E-state index contributed by atoms with van der Waals surface area (Å²) in [6, 6.07) is 8.51. The number of anilines is 1. The van der Waals surface area contributed by atoms with Crippen LogP contribution in [0.3, 0.4) is 0 Å². The Morgan fingerprint density at radius 1 is 1.35 bits per heavy atom. The number of nitrogens with zero attached hydrogens (tertiary/aromatic N) is 1. The van der Waals surface area contributed by atoms with E-state index in [2.05, 4.69) is 36.2 Å². The maximum Gasteiger partial charge on any atom is 0.0546 e. The summed E-state index contributed by atoms with van der Waals surface area (Å²) in [4.78, 5) is 2.25. The molecule has 0 bridgehead atoms. The summed E-state index contributed by atoms with van der Waals surface area (Å²) in [5, 5.41) is 9.27. The van der Waals surface area contributed by atoms with Crippen LogP contribution in [0, 0.1) is 5.92 Å². The Morgan fingerprint density at radius 3 is 2.41 bits per heavy atom. The minimum atomic E-state index is -0.0612. The summed E-state index contributed by atoms with van der Waals surface area (Å²) in [5.74, 6) is 0.642. The number of hydrogen-bond acceptors (Lipinski definition) is 3. The molecule has 3 heteroatoms. The van der Waals surface area contributed by atoms with Crippen LogP contribution < -0.4 is 10.6 Å². The van der Waals surface area contributed by atoms with Gasteiger partial charge in [0.1, 0.15) is 0 Å². The third-order valence-electron chi connectivity index (χ3n) is 3.60. The minimum Gasteiger partial charge on any atom is -0.393 e. The molecule has 0 aliphatic heterocycles. The highest BCUT2D eigenvalue weighted by molar-refractivity contribution is 5.47. The second kappa shape index (κ2) is 5.07. The Labute approximate surface area is 103 Å². The molecule has 1 unspecified atom stereocenters. The van der Waals surface area contributed by atoms with Gasteiger partial charge >= 0.3 is 0 Å². The molecule has 0 amide bonds. The monoisotopic (exact) mass is 234 g/mol. The SMILES string of the molecule is CC(N)c1ccc(N(C)CC2CC(O)C2)cc1. The van der Waals surface area contributed by atoms with Crippen molar-refractivity contribution < 1.29 is 5.11 Å². The lowest BCUT2D eigenvalue weighted by atomic mass is 9.82. The average Bonchev–Trinajstić information content (AvgIpc) is 2.27. The summed E-state index contributed by atoms with van der Waals surface area (Å²) < 4.78 is 0. The van der Waals surface area contributed by atoms with Crippen LogP contribution in [0.4, 0.5) is 5.69 Å². The number of rotatable bonds is 4. The Kier molecular flexibility index (Phi) is 3.69. The molecule has 0 aromatic heterocycles. The predicted octanol–water partition coefficient (Wildman–Crippen LogP) is 1.91. The molecule has 3 N–H and O–H groups in total. The molecule has 94 valence electrons. The van der Waals surface area contributed by atoms with Crippen LogP contribution in [0.1, 0.15) is 31.4 Å². The lowest BCUT2D eigenvalue weighted by molar-refractivity contribution is 0.0465. The smallest absolute Gasteiger partial charge is 0.0546 e. The molecule has 1 aromatic carbocycles. The van der Waals surface area contributed by atoms with E-state index < -0.39 is 0 Å². The van der Waals surface area contributed by atoms with E-state index in [1.54, 1.807) is 0 Å². The van der Waals surface area contributed by atoms with E-state index in [0.717, 1.165) is 19.4 Å². The zero-order valence-electron chi connectivity index (χ0n) is 10.6. The van der Waals surface area contributed by atoms with Gasteiger partial charge in [0.05, 0.1) is 6.10 Å². The first-order chi connectivity index (χ1) is 8.06. The van der Waals surface area contributed by atoms with Crippen molar-refractivity contribution in [2.45, 2.75) is 31.9 Å². The standard InChI is InChI=1S/C14H22N2O/c1-10(15)12-3-5-13(6-4-12)16(2)9-11-7-14(17)8-11/h3-6,10-11,14,17H,7-9,15H2,1-2H3. The molecule has 1 atom stereocenters. The molecular formula is C14H22N2O. The molecule has 0 saturated heterocycles. The van der Waals surface area contributed by atoms with E-state index in [-0.39, 0.29) is 12.1 Å². The first-order valence-electron chi connectivity index (χ1n) is 6.31. The van der Waals surface area contributed by atoms with Crippen LogP contribution in [-0.4, -0.2) is 24.8 Å². The van der Waals surface area contributed by atoms with E-state index in [1.165, 1.54) is 11.3 Å². The van der Waals surface area contributed by atoms with Gasteiger partial charge in [0, 0.05) is 25.3 Å². The molecular weight excluding hydrogens is 212 g/mol. The van der Waals surface area contributed by atoms with Crippen molar-refractivity contribution in [3.8, 4) is 0 Å². The summed E-state index contributed by atoms with van der Waals surface area (Å²) in [5.41, 5.74) is 8.21. The average molecular weight is 234 g/mol. The number of hydrogen-bond donors (Lipinski definition) is 2. The van der Waals surface area contributed by atoms with Gasteiger partial charge in [0.25, 0.3) is 0 Å². The van der Waals surface area contributed by atoms with E-state index in [1.807, 2.05) is 6.92 Å². The van der Waals surface area contributed by atoms with Gasteiger partial charge in [-0.05, 0) is 43.4 Å². The molecule has 1 aromatic rings. The van der Waals surface area contributed by atoms with Crippen LogP contribution in [0.15, 0.2) is 24.3 Å². The summed E-state index contributed by atoms with van der Waals surface area (Å²) in [6.07, 6.45) is 1.83. The fourth-order valence-electron chi connectivity index (χ4n) is 2.37. The fourth-order valence-corrected chi connectivity index (χ4v) is 2.37. The van der Waals surface area contributed by atoms with Crippen molar-refractivity contribution in [2.24, 2.45) is 11.7 Å². The van der Waals surface area contributed by atoms with Crippen molar-refractivity contribution in [3.05, 3.63) is 29.8 Å². The van der Waals surface area contributed by atoms with Gasteiger partial charge < -0.3 is 15.7 Å². The molecule has 2 rings (SSSR count). The van der Waals surface area contributed by atoms with Gasteiger partial charge in [-0.3, -0.25) is 0 Å². The van der Waals surface area contributed by atoms with Crippen molar-refractivity contribution in [2.75, 3.05) is 18.5 Å². The molecule has 17 heavy (non-hydrogen) atoms. The summed E-state index contributed by atoms with van der Waals surface area (Å²) in [6.45, 7) is 3.02. The Balaban J connectivity index is 1.92. The van der Waals surface area contributed by atoms with Crippen molar-refractivity contribution in [3.63, 3.8) is 0 Å². The first-order valence-corrected chi connectivity index (χ1v) is 6.31. The molecule has 0 radical (unpaired) electrons. The van der Waals surface area contributed by atoms with Crippen molar-refractivity contribution in [1.29, 1.82) is 0 Å². The predicted molar refractivity (Wildman–Crippen MR) is 71.0 cm³/mol. The highest BCUT2D eigenvalue weighted by Gasteiger charge is 2.27. The van der Waals surface area contributed by atoms with Gasteiger partial charge in [-0.1, -0.05) is 12.1 Å². The zero-order chi connectivity index (χ0) is 12.4. The molecule has 0 spiro atoms. The minimum absolute atomic E-state index is 0.0612. The maximum absolute atomic E-state index is 9.27. The third kappa shape index (κ3) is 2.99. The Bertz CT molecular complexity index is 355. The Morgan fingerprint density at radius 2 is 1.94 bits per heavy atom. The highest BCUT2D eigenvalue weighted by Crippen LogP contribution is 2.29. The largest absolute Gasteiger partial charge is 0.393 e. The van der Waals surface area contributed by atoms with Crippen LogP contribution in [-0.2, 0) is 0 Å². The summed E-state index contributed by atoms with van der Waals surface area (Å²) in [7, 11) is 2.10. The van der Waals surface area contributed by atoms with Crippen molar-refractivity contribution in [1.82, 2.24) is 0 Å². The normalized spacial score (nSPS) is 25.2. The molecule has 0 heterocycles. The first kappa shape index (κ1) is 12.4. The van der Waals surface area contributed by atoms with E-state index in [9.17, 15) is 5.11 Å². The lowest BCUT2D eigenvalue weighted by Crippen LogP contribution is -2.37. The number of aliphatic hydroxyl groups is 1. The topological polar surface area (TPSA) is 49.5 Å². The van der Waals surface area contributed by atoms with E-state index in [0.29, 0.717) is 5.92 Å². The van der Waals surface area contributed by atoms with Crippen LogP contribution in [0.2, 0.25) is 0 Å². The molecule has 1 fully saturated rings. The van der Waals surface area contributed by atoms with Gasteiger partial charge in [-0.25, -0.2) is 0 Å². The third-order valence-corrected chi connectivity index (χ3v) is 3.60. The number of benzene rings is 1. The van der Waals surface area contributed by atoms with E-state index >= 15 is 0 Å². The van der Waals surface area contributed by atoms with Crippen LogP contribution >= 0.6 is 0 Å². The summed E-state index contributed by atoms with van der Waals surface area (Å²) >= 11 is 0. The molecule has 1 aliphatic carbocycles. The fraction of sp³-hybridized carbons (Fsp3) is 0.571. The number of nitrogens with two attached hydrogens (primary N) is 1. The van der Waals surface area contributed by atoms with Gasteiger partial charge in [0.15, 0.2) is 0 Å². The van der Waals surface area contributed by atoms with E-state index in [4.69, 9.17) is 5.73 Å². The molecule has 1 aliphatic rings. The second-order valence-corrected chi connectivity index (χ2v) is 5.25. The van der Waals surface area contributed by atoms with Gasteiger partial charge in [-0.2, -0.15) is 0 Å².